The van der Waals surface area contributed by atoms with Crippen LogP contribution in [0.2, 0.25) is 0 Å². The van der Waals surface area contributed by atoms with Gasteiger partial charge in [0.25, 0.3) is 0 Å². The summed E-state index contributed by atoms with van der Waals surface area (Å²) in [6.45, 7) is 0. The third-order valence-corrected chi connectivity index (χ3v) is 10.6. The average Bonchev–Trinajstić information content (AvgIpc) is 3.78. The Morgan fingerprint density at radius 3 is 1.45 bits per heavy atom. The van der Waals surface area contributed by atoms with Gasteiger partial charge in [-0.3, -0.25) is 4.98 Å². The van der Waals surface area contributed by atoms with Gasteiger partial charge in [-0.05, 0) is 59.7 Å². The largest absolute Gasteiger partial charge is 0.309 e. The second-order valence-corrected chi connectivity index (χ2v) is 14.0. The van der Waals surface area contributed by atoms with Gasteiger partial charge < -0.3 is 9.13 Å². The minimum absolute atomic E-state index is 0.556. The molecule has 0 aliphatic rings. The maximum absolute atomic E-state index is 5.12. The summed E-state index contributed by atoms with van der Waals surface area (Å²) in [4.78, 5) is 20.0. The summed E-state index contributed by atoms with van der Waals surface area (Å²) in [7, 11) is 0. The van der Waals surface area contributed by atoms with E-state index in [2.05, 4.69) is 155 Å². The van der Waals surface area contributed by atoms with E-state index in [4.69, 9.17) is 19.9 Å². The van der Waals surface area contributed by atoms with Crippen LogP contribution in [-0.2, 0) is 0 Å². The van der Waals surface area contributed by atoms with Crippen molar-refractivity contribution < 1.29 is 0 Å². The van der Waals surface area contributed by atoms with Gasteiger partial charge in [0, 0.05) is 50.1 Å². The molecule has 0 aliphatic carbocycles. The maximum Gasteiger partial charge on any atom is 0.165 e. The molecular formula is C50H32N6. The van der Waals surface area contributed by atoms with Crippen molar-refractivity contribution in [1.29, 1.82) is 0 Å². The van der Waals surface area contributed by atoms with Gasteiger partial charge in [0.2, 0.25) is 0 Å². The predicted molar refractivity (Wildman–Crippen MR) is 228 cm³/mol. The van der Waals surface area contributed by atoms with E-state index in [1.54, 1.807) is 0 Å². The number of benzene rings is 7. The van der Waals surface area contributed by atoms with Crippen LogP contribution in [0.4, 0.5) is 0 Å². The monoisotopic (exact) mass is 716 g/mol. The lowest BCUT2D eigenvalue weighted by Crippen LogP contribution is -2.02. The molecule has 0 N–H and O–H groups in total. The molecule has 6 heteroatoms. The summed E-state index contributed by atoms with van der Waals surface area (Å²) < 4.78 is 4.68. The molecule has 56 heavy (non-hydrogen) atoms. The highest BCUT2D eigenvalue weighted by Crippen LogP contribution is 2.40. The number of hydrogen-bond acceptors (Lipinski definition) is 4. The van der Waals surface area contributed by atoms with E-state index >= 15 is 0 Å². The second-order valence-electron chi connectivity index (χ2n) is 14.0. The van der Waals surface area contributed by atoms with Crippen molar-refractivity contribution in [3.05, 3.63) is 194 Å². The highest BCUT2D eigenvalue weighted by Gasteiger charge is 2.20. The summed E-state index contributed by atoms with van der Waals surface area (Å²) in [6.07, 6.45) is 3.77. The van der Waals surface area contributed by atoms with Crippen LogP contribution in [0, 0.1) is 0 Å². The molecule has 262 valence electrons. The van der Waals surface area contributed by atoms with E-state index in [-0.39, 0.29) is 0 Å². The molecule has 11 aromatic rings. The molecule has 0 atom stereocenters. The molecule has 0 bridgehead atoms. The van der Waals surface area contributed by atoms with E-state index in [1.807, 2.05) is 48.8 Å². The molecule has 0 amide bonds. The SMILES string of the molecule is c1ccc(-c2cccc(-c3nc(-c4ccccc4)nc(-c4cncc(-n5c6ccccc6c6cc7c8ccccc8n(-c8ccccc8)c7cc65)c4)n3)c2)cc1. The molecule has 4 aromatic heterocycles. The number of hydrogen-bond donors (Lipinski definition) is 0. The first-order valence-electron chi connectivity index (χ1n) is 18.7. The third-order valence-electron chi connectivity index (χ3n) is 10.6. The predicted octanol–water partition coefficient (Wildman–Crippen LogP) is 12.1. The quantitative estimate of drug-likeness (QED) is 0.172. The number of fused-ring (bicyclic) bond motifs is 6. The van der Waals surface area contributed by atoms with Crippen molar-refractivity contribution in [2.45, 2.75) is 0 Å². The Labute approximate surface area is 322 Å². The Morgan fingerprint density at radius 1 is 0.286 bits per heavy atom. The van der Waals surface area contributed by atoms with Crippen LogP contribution < -0.4 is 0 Å². The van der Waals surface area contributed by atoms with E-state index in [9.17, 15) is 0 Å². The van der Waals surface area contributed by atoms with Crippen molar-refractivity contribution in [3.63, 3.8) is 0 Å². The number of para-hydroxylation sites is 3. The molecule has 0 aliphatic heterocycles. The highest BCUT2D eigenvalue weighted by molar-refractivity contribution is 6.19. The van der Waals surface area contributed by atoms with Gasteiger partial charge in [0.05, 0.1) is 34.0 Å². The summed E-state index contributed by atoms with van der Waals surface area (Å²) in [5.41, 5.74) is 11.4. The Balaban J connectivity index is 1.12. The lowest BCUT2D eigenvalue weighted by atomic mass is 10.0. The summed E-state index contributed by atoms with van der Waals surface area (Å²) in [5, 5.41) is 4.80. The fraction of sp³-hybridized carbons (Fsp3) is 0. The number of nitrogens with zero attached hydrogens (tertiary/aromatic N) is 6. The molecule has 0 saturated carbocycles. The van der Waals surface area contributed by atoms with Gasteiger partial charge in [-0.2, -0.15) is 0 Å². The molecule has 7 aromatic carbocycles. The smallest absolute Gasteiger partial charge is 0.165 e. The second kappa shape index (κ2) is 13.0. The zero-order valence-corrected chi connectivity index (χ0v) is 30.2. The van der Waals surface area contributed by atoms with Gasteiger partial charge in [-0.1, -0.05) is 133 Å². The van der Waals surface area contributed by atoms with Crippen molar-refractivity contribution >= 4 is 43.6 Å². The average molecular weight is 717 g/mol. The number of aromatic nitrogens is 6. The summed E-state index contributed by atoms with van der Waals surface area (Å²) >= 11 is 0. The molecule has 0 unspecified atom stereocenters. The first-order valence-corrected chi connectivity index (χ1v) is 18.7. The van der Waals surface area contributed by atoms with Crippen LogP contribution >= 0.6 is 0 Å². The van der Waals surface area contributed by atoms with Gasteiger partial charge in [-0.25, -0.2) is 15.0 Å². The van der Waals surface area contributed by atoms with Crippen molar-refractivity contribution in [1.82, 2.24) is 29.1 Å². The standard InChI is InChI=1S/C50H32N6/c1-4-15-33(16-5-1)35-19-14-20-36(27-35)49-52-48(34-17-6-2-7-18-34)53-50(54-49)37-28-39(32-51-31-37)56-45-26-13-11-24-41(45)43-29-42-40-23-10-12-25-44(40)55(46(42)30-47(43)56)38-21-8-3-9-22-38/h1-32H. The first-order chi connectivity index (χ1) is 27.8. The number of pyridine rings is 1. The van der Waals surface area contributed by atoms with Gasteiger partial charge >= 0.3 is 0 Å². The highest BCUT2D eigenvalue weighted by atomic mass is 15.0. The Bertz CT molecular complexity index is 3240. The topological polar surface area (TPSA) is 61.4 Å². The normalized spacial score (nSPS) is 11.6. The van der Waals surface area contributed by atoms with Crippen LogP contribution in [0.3, 0.4) is 0 Å². The Hall–Kier alpha value is -7.70. The van der Waals surface area contributed by atoms with Crippen molar-refractivity contribution in [3.8, 4) is 56.7 Å². The van der Waals surface area contributed by atoms with Crippen LogP contribution in [0.5, 0.6) is 0 Å². The van der Waals surface area contributed by atoms with E-state index in [1.165, 1.54) is 27.1 Å². The number of rotatable bonds is 6. The van der Waals surface area contributed by atoms with Crippen LogP contribution in [0.25, 0.3) is 100 Å². The third kappa shape index (κ3) is 5.27. The van der Waals surface area contributed by atoms with E-state index in [0.717, 1.165) is 55.7 Å². The van der Waals surface area contributed by atoms with Crippen LogP contribution in [0.1, 0.15) is 0 Å². The van der Waals surface area contributed by atoms with Crippen molar-refractivity contribution in [2.75, 3.05) is 0 Å². The molecule has 0 saturated heterocycles. The lowest BCUT2D eigenvalue weighted by molar-refractivity contribution is 1.06. The molecule has 0 fully saturated rings. The minimum Gasteiger partial charge on any atom is -0.309 e. The van der Waals surface area contributed by atoms with Crippen molar-refractivity contribution in [2.24, 2.45) is 0 Å². The molecule has 0 spiro atoms. The molecule has 6 nitrogen and oxygen atoms in total. The molecule has 0 radical (unpaired) electrons. The lowest BCUT2D eigenvalue weighted by Gasteiger charge is -2.12. The first kappa shape index (κ1) is 31.8. The zero-order chi connectivity index (χ0) is 37.0. The molecule has 11 rings (SSSR count). The van der Waals surface area contributed by atoms with E-state index in [0.29, 0.717) is 17.5 Å². The van der Waals surface area contributed by atoms with Gasteiger partial charge in [-0.15, -0.1) is 0 Å². The van der Waals surface area contributed by atoms with Crippen LogP contribution in [-0.4, -0.2) is 29.1 Å². The fourth-order valence-electron chi connectivity index (χ4n) is 8.06. The van der Waals surface area contributed by atoms with Crippen LogP contribution in [0.15, 0.2) is 194 Å². The molecule has 4 heterocycles. The Morgan fingerprint density at radius 2 is 0.786 bits per heavy atom. The fourth-order valence-corrected chi connectivity index (χ4v) is 8.06. The minimum atomic E-state index is 0.556. The van der Waals surface area contributed by atoms with Gasteiger partial charge in [0.15, 0.2) is 17.5 Å². The summed E-state index contributed by atoms with van der Waals surface area (Å²) in [5.74, 6) is 1.76. The zero-order valence-electron chi connectivity index (χ0n) is 30.2. The summed E-state index contributed by atoms with van der Waals surface area (Å²) in [6, 6.07) is 63.5. The van der Waals surface area contributed by atoms with E-state index < -0.39 is 0 Å². The Kier molecular flexibility index (Phi) is 7.38. The molecular weight excluding hydrogens is 685 g/mol. The van der Waals surface area contributed by atoms with Gasteiger partial charge in [0.1, 0.15) is 0 Å². The maximum atomic E-state index is 5.12.